The van der Waals surface area contributed by atoms with Crippen LogP contribution in [-0.2, 0) is 6.54 Å². The fraction of sp³-hybridized carbons (Fsp3) is 0.526. The molecule has 2 saturated heterocycles. The molecular formula is C19H23F2N5. The molecule has 0 bridgehead atoms. The van der Waals surface area contributed by atoms with E-state index in [1.807, 2.05) is 42.3 Å². The van der Waals surface area contributed by atoms with Crippen LogP contribution in [0.2, 0.25) is 0 Å². The molecule has 4 heterocycles. The van der Waals surface area contributed by atoms with Gasteiger partial charge in [-0.05, 0) is 37.1 Å². The number of hydrogen-bond acceptors (Lipinski definition) is 5. The van der Waals surface area contributed by atoms with E-state index in [1.54, 1.807) is 6.20 Å². The predicted molar refractivity (Wildman–Crippen MR) is 95.1 cm³/mol. The summed E-state index contributed by atoms with van der Waals surface area (Å²) in [5.41, 5.74) is 0.862. The molecule has 2 aliphatic heterocycles. The van der Waals surface area contributed by atoms with Crippen molar-refractivity contribution in [3.05, 3.63) is 47.9 Å². The molecule has 0 amide bonds. The summed E-state index contributed by atoms with van der Waals surface area (Å²) in [4.78, 5) is 8.22. The SMILES string of the molecule is Cc1ccc(N2CC[C@@]3(CN(Cc4cccnc4)CCC3(F)F)C2)nn1. The van der Waals surface area contributed by atoms with Crippen molar-refractivity contribution >= 4 is 5.82 Å². The first-order valence-electron chi connectivity index (χ1n) is 9.02. The first kappa shape index (κ1) is 17.3. The van der Waals surface area contributed by atoms with E-state index in [1.165, 1.54) is 0 Å². The number of anilines is 1. The Morgan fingerprint density at radius 3 is 2.69 bits per heavy atom. The maximum absolute atomic E-state index is 14.9. The van der Waals surface area contributed by atoms with Crippen LogP contribution in [0, 0.1) is 12.3 Å². The van der Waals surface area contributed by atoms with Crippen molar-refractivity contribution < 1.29 is 8.78 Å². The van der Waals surface area contributed by atoms with Crippen LogP contribution in [0.25, 0.3) is 0 Å². The fourth-order valence-electron chi connectivity index (χ4n) is 4.13. The van der Waals surface area contributed by atoms with Crippen LogP contribution < -0.4 is 4.90 Å². The van der Waals surface area contributed by atoms with E-state index in [2.05, 4.69) is 20.1 Å². The molecule has 2 aliphatic rings. The summed E-state index contributed by atoms with van der Waals surface area (Å²) >= 11 is 0. The van der Waals surface area contributed by atoms with Gasteiger partial charge in [-0.1, -0.05) is 6.07 Å². The van der Waals surface area contributed by atoms with Crippen LogP contribution >= 0.6 is 0 Å². The molecule has 0 N–H and O–H groups in total. The number of aromatic nitrogens is 3. The van der Waals surface area contributed by atoms with Crippen molar-refractivity contribution in [1.82, 2.24) is 20.1 Å². The first-order chi connectivity index (χ1) is 12.5. The zero-order valence-corrected chi connectivity index (χ0v) is 14.9. The summed E-state index contributed by atoms with van der Waals surface area (Å²) in [6.07, 6.45) is 3.91. The second-order valence-electron chi connectivity index (χ2n) is 7.51. The molecule has 0 saturated carbocycles. The third-order valence-electron chi connectivity index (χ3n) is 5.63. The highest BCUT2D eigenvalue weighted by atomic mass is 19.3. The zero-order chi connectivity index (χ0) is 18.2. The van der Waals surface area contributed by atoms with E-state index in [9.17, 15) is 8.78 Å². The molecule has 7 heteroatoms. The number of likely N-dealkylation sites (tertiary alicyclic amines) is 1. The minimum Gasteiger partial charge on any atom is -0.354 e. The Kier molecular flexibility index (Phi) is 4.34. The summed E-state index contributed by atoms with van der Waals surface area (Å²) in [7, 11) is 0. The molecule has 26 heavy (non-hydrogen) atoms. The third kappa shape index (κ3) is 3.16. The minimum atomic E-state index is -2.66. The van der Waals surface area contributed by atoms with Gasteiger partial charge in [-0.15, -0.1) is 5.10 Å². The molecule has 4 rings (SSSR count). The lowest BCUT2D eigenvalue weighted by molar-refractivity contribution is -0.158. The molecule has 0 unspecified atom stereocenters. The molecule has 2 fully saturated rings. The third-order valence-corrected chi connectivity index (χ3v) is 5.63. The highest BCUT2D eigenvalue weighted by molar-refractivity contribution is 5.40. The van der Waals surface area contributed by atoms with E-state index in [0.717, 1.165) is 11.3 Å². The molecule has 0 aliphatic carbocycles. The quantitative estimate of drug-likeness (QED) is 0.843. The van der Waals surface area contributed by atoms with Crippen LogP contribution in [0.15, 0.2) is 36.7 Å². The maximum Gasteiger partial charge on any atom is 0.257 e. The normalized spacial score (nSPS) is 25.7. The molecule has 0 aromatic carbocycles. The van der Waals surface area contributed by atoms with Crippen molar-refractivity contribution in [2.75, 3.05) is 31.1 Å². The van der Waals surface area contributed by atoms with Gasteiger partial charge >= 0.3 is 0 Å². The summed E-state index contributed by atoms with van der Waals surface area (Å²) < 4.78 is 29.9. The summed E-state index contributed by atoms with van der Waals surface area (Å²) in [5, 5.41) is 8.25. The van der Waals surface area contributed by atoms with Gasteiger partial charge in [0.25, 0.3) is 5.92 Å². The average Bonchev–Trinajstić information content (AvgIpc) is 3.06. The Labute approximate surface area is 152 Å². The van der Waals surface area contributed by atoms with Gasteiger partial charge in [0.2, 0.25) is 0 Å². The second kappa shape index (κ2) is 6.54. The van der Waals surface area contributed by atoms with Crippen molar-refractivity contribution in [2.24, 2.45) is 5.41 Å². The number of hydrogen-bond donors (Lipinski definition) is 0. The minimum absolute atomic E-state index is 0.0965. The number of alkyl halides is 2. The Balaban J connectivity index is 1.52. The number of pyridine rings is 1. The van der Waals surface area contributed by atoms with E-state index < -0.39 is 11.3 Å². The zero-order valence-electron chi connectivity index (χ0n) is 14.9. The van der Waals surface area contributed by atoms with E-state index in [4.69, 9.17) is 0 Å². The molecule has 1 atom stereocenters. The molecule has 2 aromatic rings. The molecule has 5 nitrogen and oxygen atoms in total. The van der Waals surface area contributed by atoms with E-state index in [0.29, 0.717) is 45.0 Å². The fourth-order valence-corrected chi connectivity index (χ4v) is 4.13. The van der Waals surface area contributed by atoms with Gasteiger partial charge in [-0.2, -0.15) is 5.10 Å². The number of halogens is 2. The topological polar surface area (TPSA) is 45.2 Å². The van der Waals surface area contributed by atoms with Crippen molar-refractivity contribution in [1.29, 1.82) is 0 Å². The monoisotopic (exact) mass is 359 g/mol. The highest BCUT2D eigenvalue weighted by Crippen LogP contribution is 2.50. The maximum atomic E-state index is 14.9. The van der Waals surface area contributed by atoms with E-state index in [-0.39, 0.29) is 6.42 Å². The Hall–Kier alpha value is -2.15. The molecule has 1 spiro atoms. The van der Waals surface area contributed by atoms with Crippen LogP contribution in [0.1, 0.15) is 24.1 Å². The Bertz CT molecular complexity index is 752. The summed E-state index contributed by atoms with van der Waals surface area (Å²) in [6.45, 7) is 4.25. The molecule has 0 radical (unpaired) electrons. The van der Waals surface area contributed by atoms with Gasteiger partial charge in [0, 0.05) is 51.5 Å². The molecule has 138 valence electrons. The summed E-state index contributed by atoms with van der Waals surface area (Å²) in [6, 6.07) is 7.63. The van der Waals surface area contributed by atoms with Gasteiger partial charge in [0.15, 0.2) is 5.82 Å². The smallest absolute Gasteiger partial charge is 0.257 e. The van der Waals surface area contributed by atoms with Gasteiger partial charge in [0.1, 0.15) is 0 Å². The van der Waals surface area contributed by atoms with Crippen molar-refractivity contribution in [3.8, 4) is 0 Å². The lowest BCUT2D eigenvalue weighted by atomic mass is 9.75. The van der Waals surface area contributed by atoms with Crippen LogP contribution in [0.3, 0.4) is 0 Å². The number of nitrogens with zero attached hydrogens (tertiary/aromatic N) is 5. The largest absolute Gasteiger partial charge is 0.354 e. The van der Waals surface area contributed by atoms with Crippen molar-refractivity contribution in [2.45, 2.75) is 32.2 Å². The lowest BCUT2D eigenvalue weighted by Gasteiger charge is -2.46. The average molecular weight is 359 g/mol. The van der Waals surface area contributed by atoms with E-state index >= 15 is 0 Å². The molecular weight excluding hydrogens is 336 g/mol. The lowest BCUT2D eigenvalue weighted by Crippen LogP contribution is -2.56. The number of aryl methyl sites for hydroxylation is 1. The van der Waals surface area contributed by atoms with Gasteiger partial charge in [0.05, 0.1) is 11.1 Å². The Morgan fingerprint density at radius 2 is 1.96 bits per heavy atom. The second-order valence-corrected chi connectivity index (χ2v) is 7.51. The standard InChI is InChI=1S/C19H23F2N5/c1-15-4-5-17(24-23-15)26-10-6-18(14-26)13-25(9-7-19(18,20)21)12-16-3-2-8-22-11-16/h2-5,8,11H,6-7,9-10,12-14H2,1H3/t18-/m1/s1. The van der Waals surface area contributed by atoms with Gasteiger partial charge in [-0.25, -0.2) is 8.78 Å². The first-order valence-corrected chi connectivity index (χ1v) is 9.02. The highest BCUT2D eigenvalue weighted by Gasteiger charge is 2.59. The Morgan fingerprint density at radius 1 is 1.08 bits per heavy atom. The van der Waals surface area contributed by atoms with Crippen LogP contribution in [0.5, 0.6) is 0 Å². The van der Waals surface area contributed by atoms with Crippen LogP contribution in [0.4, 0.5) is 14.6 Å². The van der Waals surface area contributed by atoms with Gasteiger partial charge in [-0.3, -0.25) is 9.88 Å². The predicted octanol–water partition coefficient (Wildman–Crippen LogP) is 2.92. The van der Waals surface area contributed by atoms with Crippen LogP contribution in [-0.4, -0.2) is 52.2 Å². The van der Waals surface area contributed by atoms with Gasteiger partial charge < -0.3 is 4.90 Å². The number of piperidine rings is 1. The van der Waals surface area contributed by atoms with Crippen molar-refractivity contribution in [3.63, 3.8) is 0 Å². The summed E-state index contributed by atoms with van der Waals surface area (Å²) in [5.74, 6) is -1.97. The number of rotatable bonds is 3. The molecule has 2 aromatic heterocycles.